The van der Waals surface area contributed by atoms with Crippen LogP contribution in [-0.2, 0) is 26.2 Å². The molecule has 7 nitrogen and oxygen atoms in total. The normalized spacial score (nSPS) is 12.1. The summed E-state index contributed by atoms with van der Waals surface area (Å²) in [6, 6.07) is 14.5. The van der Waals surface area contributed by atoms with Gasteiger partial charge in [0.1, 0.15) is 18.4 Å². The van der Waals surface area contributed by atoms with E-state index in [1.807, 2.05) is 0 Å². The molecule has 0 aliphatic rings. The Kier molecular flexibility index (Phi) is 9.41. The van der Waals surface area contributed by atoms with Crippen LogP contribution in [0.2, 0.25) is 15.1 Å². The van der Waals surface area contributed by atoms with Gasteiger partial charge in [-0.05, 0) is 55.0 Å². The molecule has 37 heavy (non-hydrogen) atoms. The highest BCUT2D eigenvalue weighted by Gasteiger charge is 2.32. The van der Waals surface area contributed by atoms with Crippen molar-refractivity contribution < 1.29 is 22.4 Å². The van der Waals surface area contributed by atoms with Crippen molar-refractivity contribution in [3.05, 3.63) is 93.2 Å². The van der Waals surface area contributed by atoms with Crippen molar-refractivity contribution in [2.45, 2.75) is 24.4 Å². The maximum atomic E-state index is 13.9. The van der Waals surface area contributed by atoms with Gasteiger partial charge in [-0.2, -0.15) is 0 Å². The Hall–Kier alpha value is -2.85. The lowest BCUT2D eigenvalue weighted by Gasteiger charge is -2.32. The second kappa shape index (κ2) is 12.1. The minimum atomic E-state index is -4.29. The van der Waals surface area contributed by atoms with E-state index < -0.39 is 40.2 Å². The summed E-state index contributed by atoms with van der Waals surface area (Å²) in [6.45, 7) is 0.698. The molecule has 196 valence electrons. The van der Waals surface area contributed by atoms with Gasteiger partial charge < -0.3 is 10.2 Å². The Labute approximate surface area is 229 Å². The molecule has 0 aliphatic carbocycles. The maximum Gasteiger partial charge on any atom is 0.264 e. The van der Waals surface area contributed by atoms with Gasteiger partial charge in [0, 0.05) is 23.6 Å². The number of hydrogen-bond acceptors (Lipinski definition) is 4. The highest BCUT2D eigenvalue weighted by molar-refractivity contribution is 7.92. The van der Waals surface area contributed by atoms with E-state index in [0.717, 1.165) is 16.4 Å². The molecule has 3 aromatic carbocycles. The topological polar surface area (TPSA) is 86.8 Å². The molecule has 12 heteroatoms. The number of hydrogen-bond donors (Lipinski definition) is 1. The molecule has 0 unspecified atom stereocenters. The molecule has 1 N–H and O–H groups in total. The van der Waals surface area contributed by atoms with Gasteiger partial charge in [0.2, 0.25) is 11.8 Å². The number of halogens is 4. The van der Waals surface area contributed by atoms with Gasteiger partial charge in [-0.25, -0.2) is 12.8 Å². The van der Waals surface area contributed by atoms with Crippen LogP contribution in [0, 0.1) is 5.82 Å². The van der Waals surface area contributed by atoms with E-state index in [0.29, 0.717) is 10.6 Å². The van der Waals surface area contributed by atoms with Crippen molar-refractivity contribution in [1.82, 2.24) is 10.2 Å². The highest BCUT2D eigenvalue weighted by Crippen LogP contribution is 2.29. The van der Waals surface area contributed by atoms with Gasteiger partial charge in [-0.1, -0.05) is 59.1 Å². The average Bonchev–Trinajstić information content (AvgIpc) is 2.88. The Morgan fingerprint density at radius 3 is 2.24 bits per heavy atom. The number of carbonyl (C=O) groups is 2. The van der Waals surface area contributed by atoms with Crippen LogP contribution in [0.4, 0.5) is 10.1 Å². The van der Waals surface area contributed by atoms with Gasteiger partial charge >= 0.3 is 0 Å². The summed E-state index contributed by atoms with van der Waals surface area (Å²) < 4.78 is 41.9. The van der Waals surface area contributed by atoms with Crippen LogP contribution in [-0.4, -0.2) is 44.8 Å². The van der Waals surface area contributed by atoms with Gasteiger partial charge in [0.05, 0.1) is 15.6 Å². The molecule has 0 bridgehead atoms. The van der Waals surface area contributed by atoms with Crippen LogP contribution >= 0.6 is 34.8 Å². The molecule has 2 amide bonds. The number of carbonyl (C=O) groups excluding carboxylic acids is 2. The Balaban J connectivity index is 2.06. The first-order valence-corrected chi connectivity index (χ1v) is 13.5. The lowest BCUT2D eigenvalue weighted by molar-refractivity contribution is -0.139. The largest absolute Gasteiger partial charge is 0.357 e. The predicted octanol–water partition coefficient (Wildman–Crippen LogP) is 5.14. The van der Waals surface area contributed by atoms with Crippen LogP contribution < -0.4 is 9.62 Å². The fraction of sp³-hybridized carbons (Fsp3) is 0.200. The van der Waals surface area contributed by atoms with E-state index in [9.17, 15) is 22.4 Å². The monoisotopic (exact) mass is 585 g/mol. The molecule has 0 heterocycles. The molecule has 0 spiro atoms. The Morgan fingerprint density at radius 1 is 0.973 bits per heavy atom. The summed E-state index contributed by atoms with van der Waals surface area (Å²) in [6.07, 6.45) is 0. The number of nitrogens with one attached hydrogen (secondary N) is 1. The Bertz CT molecular complexity index is 1410. The van der Waals surface area contributed by atoms with Crippen molar-refractivity contribution in [3.63, 3.8) is 0 Å². The van der Waals surface area contributed by atoms with E-state index in [4.69, 9.17) is 34.8 Å². The zero-order valence-electron chi connectivity index (χ0n) is 19.8. The number of sulfonamides is 1. The van der Waals surface area contributed by atoms with Crippen molar-refractivity contribution in [2.24, 2.45) is 0 Å². The van der Waals surface area contributed by atoms with Gasteiger partial charge in [0.25, 0.3) is 10.0 Å². The zero-order valence-corrected chi connectivity index (χ0v) is 22.9. The van der Waals surface area contributed by atoms with Crippen LogP contribution in [0.1, 0.15) is 12.5 Å². The second-order valence-electron chi connectivity index (χ2n) is 7.97. The van der Waals surface area contributed by atoms with Gasteiger partial charge in [-0.3, -0.25) is 13.9 Å². The molecular weight excluding hydrogens is 564 g/mol. The zero-order chi connectivity index (χ0) is 27.3. The number of rotatable bonds is 9. The smallest absolute Gasteiger partial charge is 0.264 e. The Morgan fingerprint density at radius 2 is 1.65 bits per heavy atom. The molecular formula is C25H23Cl3FN3O4S. The fourth-order valence-electron chi connectivity index (χ4n) is 3.51. The SMILES string of the molecule is CNC(=O)[C@H](C)N(Cc1ccc(Cl)cc1Cl)C(=O)CN(c1ccc(F)c(Cl)c1)S(=O)(=O)c1ccccc1. The van der Waals surface area contributed by atoms with Crippen LogP contribution in [0.15, 0.2) is 71.6 Å². The minimum absolute atomic E-state index is 0.0272. The summed E-state index contributed by atoms with van der Waals surface area (Å²) in [5.74, 6) is -1.93. The van der Waals surface area contributed by atoms with E-state index in [2.05, 4.69) is 5.32 Å². The second-order valence-corrected chi connectivity index (χ2v) is 11.1. The first kappa shape index (κ1) is 28.7. The van der Waals surface area contributed by atoms with Gasteiger partial charge in [-0.15, -0.1) is 0 Å². The molecule has 0 saturated heterocycles. The maximum absolute atomic E-state index is 13.9. The number of benzene rings is 3. The summed E-state index contributed by atoms with van der Waals surface area (Å²) in [5, 5.41) is 2.83. The van der Waals surface area contributed by atoms with Crippen molar-refractivity contribution in [3.8, 4) is 0 Å². The van der Waals surface area contributed by atoms with E-state index in [1.165, 1.54) is 55.3 Å². The minimum Gasteiger partial charge on any atom is -0.357 e. The number of likely N-dealkylation sites (N-methyl/N-ethyl adjacent to an activating group) is 1. The van der Waals surface area contributed by atoms with Crippen molar-refractivity contribution in [2.75, 3.05) is 17.9 Å². The number of anilines is 1. The average molecular weight is 587 g/mol. The van der Waals surface area contributed by atoms with Crippen LogP contribution in [0.5, 0.6) is 0 Å². The van der Waals surface area contributed by atoms with E-state index in [-0.39, 0.29) is 27.2 Å². The van der Waals surface area contributed by atoms with E-state index >= 15 is 0 Å². The molecule has 0 aliphatic heterocycles. The van der Waals surface area contributed by atoms with Crippen LogP contribution in [0.3, 0.4) is 0 Å². The van der Waals surface area contributed by atoms with Crippen molar-refractivity contribution >= 4 is 62.3 Å². The fourth-order valence-corrected chi connectivity index (χ4v) is 5.58. The summed E-state index contributed by atoms with van der Waals surface area (Å²) in [7, 11) is -2.87. The number of amides is 2. The van der Waals surface area contributed by atoms with Crippen LogP contribution in [0.25, 0.3) is 0 Å². The van der Waals surface area contributed by atoms with Crippen molar-refractivity contribution in [1.29, 1.82) is 0 Å². The number of nitrogens with zero attached hydrogens (tertiary/aromatic N) is 2. The third-order valence-corrected chi connectivity index (χ3v) is 8.24. The lowest BCUT2D eigenvalue weighted by atomic mass is 10.1. The quantitative estimate of drug-likeness (QED) is 0.376. The summed E-state index contributed by atoms with van der Waals surface area (Å²) in [4.78, 5) is 27.3. The summed E-state index contributed by atoms with van der Waals surface area (Å²) >= 11 is 18.2. The third kappa shape index (κ3) is 6.73. The first-order chi connectivity index (χ1) is 17.4. The molecule has 0 aromatic heterocycles. The molecule has 3 rings (SSSR count). The lowest BCUT2D eigenvalue weighted by Crippen LogP contribution is -2.50. The first-order valence-electron chi connectivity index (χ1n) is 10.9. The molecule has 0 saturated carbocycles. The highest BCUT2D eigenvalue weighted by atomic mass is 35.5. The standard InChI is InChI=1S/C25H23Cl3FN3O4S/c1-16(25(34)30-2)31(14-17-8-9-18(26)12-21(17)27)24(33)15-32(19-10-11-23(29)22(28)13-19)37(35,36)20-6-4-3-5-7-20/h3-13,16H,14-15H2,1-2H3,(H,30,34)/t16-/m0/s1. The molecule has 1 atom stereocenters. The summed E-state index contributed by atoms with van der Waals surface area (Å²) in [5.41, 5.74) is 0.470. The van der Waals surface area contributed by atoms with E-state index in [1.54, 1.807) is 18.2 Å². The predicted molar refractivity (Wildman–Crippen MR) is 143 cm³/mol. The molecule has 0 fully saturated rings. The third-order valence-electron chi connectivity index (χ3n) is 5.57. The molecule has 0 radical (unpaired) electrons. The molecule has 3 aromatic rings. The van der Waals surface area contributed by atoms with Gasteiger partial charge in [0.15, 0.2) is 0 Å².